The number of anilines is 1. The van der Waals surface area contributed by atoms with Crippen molar-refractivity contribution in [1.82, 2.24) is 15.1 Å². The first-order valence-electron chi connectivity index (χ1n) is 10.4. The number of hydrogen-bond donors (Lipinski definition) is 1. The molecule has 1 saturated heterocycles. The van der Waals surface area contributed by atoms with E-state index in [0.29, 0.717) is 18.0 Å². The molecule has 0 saturated carbocycles. The number of rotatable bonds is 4. The van der Waals surface area contributed by atoms with E-state index in [1.54, 1.807) is 0 Å². The van der Waals surface area contributed by atoms with Gasteiger partial charge in [0.05, 0.1) is 12.1 Å². The van der Waals surface area contributed by atoms with Crippen LogP contribution in [-0.2, 0) is 11.2 Å². The number of carbonyl (C=O) groups excluding carboxylic acids is 1. The van der Waals surface area contributed by atoms with Crippen molar-refractivity contribution in [3.8, 4) is 22.8 Å². The predicted molar refractivity (Wildman–Crippen MR) is 119 cm³/mol. The monoisotopic (exact) mass is 438 g/mol. The first-order valence-corrected chi connectivity index (χ1v) is 10.8. The molecule has 0 aliphatic carbocycles. The molecule has 2 aliphatic rings. The summed E-state index contributed by atoms with van der Waals surface area (Å²) in [7, 11) is 0. The molecule has 3 heterocycles. The van der Waals surface area contributed by atoms with Gasteiger partial charge in [0, 0.05) is 42.8 Å². The number of ether oxygens (including phenoxy) is 2. The predicted octanol–water partition coefficient (Wildman–Crippen LogP) is 3.74. The zero-order valence-electron chi connectivity index (χ0n) is 17.0. The van der Waals surface area contributed by atoms with Gasteiger partial charge in [-0.1, -0.05) is 29.8 Å². The van der Waals surface area contributed by atoms with E-state index in [0.717, 1.165) is 60.2 Å². The maximum atomic E-state index is 12.8. The van der Waals surface area contributed by atoms with E-state index in [-0.39, 0.29) is 12.7 Å². The molecule has 160 valence electrons. The van der Waals surface area contributed by atoms with Crippen molar-refractivity contribution in [3.63, 3.8) is 0 Å². The van der Waals surface area contributed by atoms with Crippen molar-refractivity contribution in [2.45, 2.75) is 12.8 Å². The first kappa shape index (κ1) is 19.8. The smallest absolute Gasteiger partial charge is 0.231 e. The second kappa shape index (κ2) is 8.51. The van der Waals surface area contributed by atoms with Crippen LogP contribution in [0, 0.1) is 0 Å². The van der Waals surface area contributed by atoms with Gasteiger partial charge in [-0.25, -0.2) is 0 Å². The number of nitrogens with one attached hydrogen (secondary N) is 1. The van der Waals surface area contributed by atoms with Crippen molar-refractivity contribution in [2.24, 2.45) is 0 Å². The minimum absolute atomic E-state index is 0.109. The normalized spacial score (nSPS) is 15.8. The van der Waals surface area contributed by atoms with Gasteiger partial charge in [0.25, 0.3) is 0 Å². The zero-order chi connectivity index (χ0) is 21.2. The van der Waals surface area contributed by atoms with E-state index in [1.807, 2.05) is 53.4 Å². The maximum absolute atomic E-state index is 12.8. The number of aromatic amines is 1. The van der Waals surface area contributed by atoms with Crippen molar-refractivity contribution in [2.75, 3.05) is 37.9 Å². The highest BCUT2D eigenvalue weighted by molar-refractivity contribution is 6.31. The summed E-state index contributed by atoms with van der Waals surface area (Å²) in [4.78, 5) is 16.9. The average Bonchev–Trinajstić information content (AvgIpc) is 3.39. The Kier molecular flexibility index (Phi) is 5.42. The maximum Gasteiger partial charge on any atom is 0.231 e. The Balaban J connectivity index is 1.24. The number of hydrogen-bond acceptors (Lipinski definition) is 5. The summed E-state index contributed by atoms with van der Waals surface area (Å²) in [6.07, 6.45) is 1.22. The van der Waals surface area contributed by atoms with Crippen LogP contribution in [0.4, 0.5) is 5.82 Å². The summed E-state index contributed by atoms with van der Waals surface area (Å²) >= 11 is 6.22. The Morgan fingerprint density at radius 1 is 1.03 bits per heavy atom. The van der Waals surface area contributed by atoms with Crippen LogP contribution < -0.4 is 14.4 Å². The average molecular weight is 439 g/mol. The molecule has 8 heteroatoms. The van der Waals surface area contributed by atoms with Gasteiger partial charge in [-0.05, 0) is 36.2 Å². The van der Waals surface area contributed by atoms with Crippen LogP contribution in [0.15, 0.2) is 48.5 Å². The molecule has 31 heavy (non-hydrogen) atoms. The lowest BCUT2D eigenvalue weighted by Gasteiger charge is -2.22. The molecule has 1 N–H and O–H groups in total. The molecular weight excluding hydrogens is 416 g/mol. The summed E-state index contributed by atoms with van der Waals surface area (Å²) in [5, 5.41) is 8.27. The van der Waals surface area contributed by atoms with Crippen LogP contribution in [0.3, 0.4) is 0 Å². The van der Waals surface area contributed by atoms with Gasteiger partial charge in [-0.15, -0.1) is 0 Å². The third kappa shape index (κ3) is 4.18. The molecule has 5 rings (SSSR count). The Morgan fingerprint density at radius 3 is 2.81 bits per heavy atom. The number of amides is 1. The van der Waals surface area contributed by atoms with Gasteiger partial charge >= 0.3 is 0 Å². The van der Waals surface area contributed by atoms with Crippen molar-refractivity contribution >= 4 is 23.3 Å². The van der Waals surface area contributed by atoms with Crippen LogP contribution in [0.1, 0.15) is 12.0 Å². The molecular formula is C23H23ClN4O3. The highest BCUT2D eigenvalue weighted by Crippen LogP contribution is 2.36. The molecule has 1 amide bonds. The number of H-pyrrole nitrogens is 1. The highest BCUT2D eigenvalue weighted by Gasteiger charge is 2.22. The molecule has 0 unspecified atom stereocenters. The van der Waals surface area contributed by atoms with Gasteiger partial charge < -0.3 is 19.3 Å². The number of fused-ring (bicyclic) bond motifs is 1. The Bertz CT molecular complexity index is 1100. The lowest BCUT2D eigenvalue weighted by molar-refractivity contribution is -0.130. The van der Waals surface area contributed by atoms with Crippen LogP contribution in [-0.4, -0.2) is 54.0 Å². The van der Waals surface area contributed by atoms with Gasteiger partial charge in [0.15, 0.2) is 17.3 Å². The van der Waals surface area contributed by atoms with E-state index >= 15 is 0 Å². The summed E-state index contributed by atoms with van der Waals surface area (Å²) < 4.78 is 10.9. The Hall–Kier alpha value is -3.19. The SMILES string of the molecule is O=C(Cc1ccccc1Cl)N1CCCN(c2cc(-c3ccc4c(c3)OCO4)[nH]n2)CC1. The van der Waals surface area contributed by atoms with Crippen LogP contribution in [0.5, 0.6) is 11.5 Å². The molecule has 0 bridgehead atoms. The van der Waals surface area contributed by atoms with Crippen molar-refractivity contribution < 1.29 is 14.3 Å². The molecule has 0 radical (unpaired) electrons. The third-order valence-electron chi connectivity index (χ3n) is 5.72. The fourth-order valence-electron chi connectivity index (χ4n) is 4.00. The quantitative estimate of drug-likeness (QED) is 0.672. The molecule has 1 aromatic heterocycles. The zero-order valence-corrected chi connectivity index (χ0v) is 17.8. The second-order valence-electron chi connectivity index (χ2n) is 7.70. The number of nitrogens with zero attached hydrogens (tertiary/aromatic N) is 3. The van der Waals surface area contributed by atoms with Crippen molar-refractivity contribution in [1.29, 1.82) is 0 Å². The van der Waals surface area contributed by atoms with Gasteiger partial charge in [0.2, 0.25) is 12.7 Å². The Labute approximate surface area is 185 Å². The molecule has 3 aromatic rings. The molecule has 2 aromatic carbocycles. The molecule has 0 spiro atoms. The summed E-state index contributed by atoms with van der Waals surface area (Å²) in [5.41, 5.74) is 2.79. The van der Waals surface area contributed by atoms with Gasteiger partial charge in [0.1, 0.15) is 0 Å². The number of carbonyl (C=O) groups is 1. The topological polar surface area (TPSA) is 70.7 Å². The van der Waals surface area contributed by atoms with E-state index in [1.165, 1.54) is 0 Å². The van der Waals surface area contributed by atoms with Crippen LogP contribution in [0.2, 0.25) is 5.02 Å². The van der Waals surface area contributed by atoms with Gasteiger partial charge in [-0.3, -0.25) is 9.89 Å². The highest BCUT2D eigenvalue weighted by atomic mass is 35.5. The van der Waals surface area contributed by atoms with Gasteiger partial charge in [-0.2, -0.15) is 5.10 Å². The lowest BCUT2D eigenvalue weighted by atomic mass is 10.1. The number of aromatic nitrogens is 2. The van der Waals surface area contributed by atoms with E-state index < -0.39 is 0 Å². The minimum Gasteiger partial charge on any atom is -0.454 e. The molecule has 7 nitrogen and oxygen atoms in total. The van der Waals surface area contributed by atoms with E-state index in [4.69, 9.17) is 21.1 Å². The lowest BCUT2D eigenvalue weighted by Crippen LogP contribution is -2.36. The standard InChI is InChI=1S/C23H23ClN4O3/c24-18-5-2-1-4-16(18)13-23(29)28-9-3-8-27(10-11-28)22-14-19(25-26-22)17-6-7-20-21(12-17)31-15-30-20/h1-2,4-7,12,14H,3,8-11,13,15H2,(H,25,26). The minimum atomic E-state index is 0.109. The summed E-state index contributed by atoms with van der Waals surface area (Å²) in [5.74, 6) is 2.50. The molecule has 2 aliphatic heterocycles. The molecule has 0 atom stereocenters. The summed E-state index contributed by atoms with van der Waals surface area (Å²) in [6, 6.07) is 15.4. The third-order valence-corrected chi connectivity index (χ3v) is 6.09. The van der Waals surface area contributed by atoms with Crippen molar-refractivity contribution in [3.05, 3.63) is 59.1 Å². The van der Waals surface area contributed by atoms with E-state index in [9.17, 15) is 4.79 Å². The molecule has 1 fully saturated rings. The fraction of sp³-hybridized carbons (Fsp3) is 0.304. The van der Waals surface area contributed by atoms with E-state index in [2.05, 4.69) is 15.1 Å². The van der Waals surface area contributed by atoms with Crippen LogP contribution in [0.25, 0.3) is 11.3 Å². The van der Waals surface area contributed by atoms with Crippen LogP contribution >= 0.6 is 11.6 Å². The first-order chi connectivity index (χ1) is 15.2. The number of halogens is 1. The number of benzene rings is 2. The Morgan fingerprint density at radius 2 is 1.90 bits per heavy atom. The summed E-state index contributed by atoms with van der Waals surface area (Å²) in [6.45, 7) is 3.24. The fourth-order valence-corrected chi connectivity index (χ4v) is 4.20. The second-order valence-corrected chi connectivity index (χ2v) is 8.10. The largest absolute Gasteiger partial charge is 0.454 e.